The Balaban J connectivity index is 2.11. The maximum Gasteiger partial charge on any atom is 0.255 e. The highest BCUT2D eigenvalue weighted by atomic mass is 32.2. The standard InChI is InChI=1S/C13H19N5OS/c1-2-20-13-16-12-15-10-6-4-3-5-9(10)11(14-7-8-19)18(12)17-13/h14,19H,2-8H2,1H3. The van der Waals surface area contributed by atoms with Crippen LogP contribution in [0.3, 0.4) is 0 Å². The number of aryl methyl sites for hydroxylation is 1. The zero-order valence-electron chi connectivity index (χ0n) is 11.6. The number of nitrogens with zero attached hydrogens (tertiary/aromatic N) is 4. The van der Waals surface area contributed by atoms with E-state index < -0.39 is 0 Å². The topological polar surface area (TPSA) is 75.3 Å². The Hall–Kier alpha value is -1.34. The normalized spacial score (nSPS) is 14.5. The Morgan fingerprint density at radius 1 is 1.30 bits per heavy atom. The summed E-state index contributed by atoms with van der Waals surface area (Å²) >= 11 is 1.62. The van der Waals surface area contributed by atoms with Crippen LogP contribution < -0.4 is 5.32 Å². The number of nitrogens with one attached hydrogen (secondary N) is 1. The van der Waals surface area contributed by atoms with Crippen molar-refractivity contribution in [1.29, 1.82) is 0 Å². The molecular formula is C13H19N5OS. The van der Waals surface area contributed by atoms with Crippen LogP contribution in [0.2, 0.25) is 0 Å². The van der Waals surface area contributed by atoms with Gasteiger partial charge in [0.25, 0.3) is 5.78 Å². The number of rotatable bonds is 5. The van der Waals surface area contributed by atoms with E-state index in [1.54, 1.807) is 16.3 Å². The highest BCUT2D eigenvalue weighted by molar-refractivity contribution is 7.99. The van der Waals surface area contributed by atoms with Crippen molar-refractivity contribution in [2.24, 2.45) is 0 Å². The summed E-state index contributed by atoms with van der Waals surface area (Å²) in [4.78, 5) is 9.14. The molecule has 0 bridgehead atoms. The van der Waals surface area contributed by atoms with E-state index in [1.165, 1.54) is 18.4 Å². The molecule has 0 radical (unpaired) electrons. The quantitative estimate of drug-likeness (QED) is 0.814. The van der Waals surface area contributed by atoms with E-state index in [1.807, 2.05) is 0 Å². The van der Waals surface area contributed by atoms with Crippen LogP contribution in [0.15, 0.2) is 5.16 Å². The number of thioether (sulfide) groups is 1. The second-order valence-electron chi connectivity index (χ2n) is 4.78. The number of hydrogen-bond acceptors (Lipinski definition) is 6. The van der Waals surface area contributed by atoms with E-state index in [9.17, 15) is 0 Å². The molecule has 0 fully saturated rings. The van der Waals surface area contributed by atoms with Crippen molar-refractivity contribution in [2.45, 2.75) is 37.8 Å². The molecule has 108 valence electrons. The van der Waals surface area contributed by atoms with Gasteiger partial charge in [-0.2, -0.15) is 9.50 Å². The maximum absolute atomic E-state index is 9.07. The molecule has 20 heavy (non-hydrogen) atoms. The molecule has 3 rings (SSSR count). The summed E-state index contributed by atoms with van der Waals surface area (Å²) in [5.41, 5.74) is 2.36. The van der Waals surface area contributed by atoms with Gasteiger partial charge < -0.3 is 10.4 Å². The number of hydrogen-bond donors (Lipinski definition) is 2. The van der Waals surface area contributed by atoms with Crippen LogP contribution in [0.4, 0.5) is 5.82 Å². The minimum Gasteiger partial charge on any atom is -0.395 e. The molecule has 1 aliphatic carbocycles. The van der Waals surface area contributed by atoms with Gasteiger partial charge in [0.2, 0.25) is 5.16 Å². The first-order valence-corrected chi connectivity index (χ1v) is 8.08. The van der Waals surface area contributed by atoms with Gasteiger partial charge in [0.15, 0.2) is 0 Å². The van der Waals surface area contributed by atoms with Gasteiger partial charge in [0.05, 0.1) is 12.3 Å². The first kappa shape index (κ1) is 13.6. The zero-order chi connectivity index (χ0) is 13.9. The van der Waals surface area contributed by atoms with Crippen LogP contribution in [0.1, 0.15) is 31.0 Å². The lowest BCUT2D eigenvalue weighted by Gasteiger charge is -2.19. The van der Waals surface area contributed by atoms with Gasteiger partial charge >= 0.3 is 0 Å². The second-order valence-corrected chi connectivity index (χ2v) is 6.01. The molecule has 0 atom stereocenters. The lowest BCUT2D eigenvalue weighted by Crippen LogP contribution is -2.17. The highest BCUT2D eigenvalue weighted by Gasteiger charge is 2.20. The van der Waals surface area contributed by atoms with Crippen molar-refractivity contribution >= 4 is 23.4 Å². The van der Waals surface area contributed by atoms with E-state index in [0.29, 0.717) is 12.3 Å². The van der Waals surface area contributed by atoms with Crippen molar-refractivity contribution in [2.75, 3.05) is 24.2 Å². The smallest absolute Gasteiger partial charge is 0.255 e. The van der Waals surface area contributed by atoms with Gasteiger partial charge in [-0.1, -0.05) is 18.7 Å². The van der Waals surface area contributed by atoms with Gasteiger partial charge in [0, 0.05) is 12.1 Å². The molecule has 0 spiro atoms. The molecule has 7 heteroatoms. The molecule has 0 unspecified atom stereocenters. The molecule has 2 aromatic rings. The fourth-order valence-corrected chi connectivity index (χ4v) is 3.11. The minimum absolute atomic E-state index is 0.101. The van der Waals surface area contributed by atoms with Crippen molar-refractivity contribution in [3.63, 3.8) is 0 Å². The third-order valence-corrected chi connectivity index (χ3v) is 4.14. The monoisotopic (exact) mass is 293 g/mol. The molecule has 0 aliphatic heterocycles. The number of aromatic nitrogens is 4. The van der Waals surface area contributed by atoms with Gasteiger partial charge in [-0.15, -0.1) is 5.10 Å². The summed E-state index contributed by atoms with van der Waals surface area (Å²) in [6.45, 7) is 2.70. The lowest BCUT2D eigenvalue weighted by atomic mass is 9.96. The number of aliphatic hydroxyl groups is 1. The Labute approximate surface area is 122 Å². The second kappa shape index (κ2) is 5.97. The summed E-state index contributed by atoms with van der Waals surface area (Å²) in [6, 6.07) is 0. The van der Waals surface area contributed by atoms with Crippen LogP contribution >= 0.6 is 11.8 Å². The fourth-order valence-electron chi connectivity index (χ4n) is 2.57. The van der Waals surface area contributed by atoms with Crippen molar-refractivity contribution in [3.05, 3.63) is 11.3 Å². The molecule has 0 saturated carbocycles. The first-order chi connectivity index (χ1) is 9.83. The number of fused-ring (bicyclic) bond motifs is 2. The van der Waals surface area contributed by atoms with Crippen molar-refractivity contribution in [3.8, 4) is 0 Å². The zero-order valence-corrected chi connectivity index (χ0v) is 12.4. The fraction of sp³-hybridized carbons (Fsp3) is 0.615. The van der Waals surface area contributed by atoms with Crippen LogP contribution in [0.5, 0.6) is 0 Å². The Morgan fingerprint density at radius 2 is 2.15 bits per heavy atom. The molecule has 0 saturated heterocycles. The third-order valence-electron chi connectivity index (χ3n) is 3.42. The van der Waals surface area contributed by atoms with E-state index >= 15 is 0 Å². The van der Waals surface area contributed by atoms with Crippen molar-refractivity contribution < 1.29 is 5.11 Å². The molecule has 2 N–H and O–H groups in total. The van der Waals surface area contributed by atoms with Crippen LogP contribution in [-0.2, 0) is 12.8 Å². The predicted octanol–water partition coefficient (Wildman–Crippen LogP) is 1.52. The van der Waals surface area contributed by atoms with E-state index in [-0.39, 0.29) is 6.61 Å². The average molecular weight is 293 g/mol. The highest BCUT2D eigenvalue weighted by Crippen LogP contribution is 2.28. The Kier molecular flexibility index (Phi) is 4.07. The van der Waals surface area contributed by atoms with Crippen LogP contribution in [-0.4, -0.2) is 43.6 Å². The number of aliphatic hydroxyl groups excluding tert-OH is 1. The molecule has 1 aliphatic rings. The summed E-state index contributed by atoms with van der Waals surface area (Å²) in [5, 5.41) is 17.6. The molecule has 0 aromatic carbocycles. The predicted molar refractivity (Wildman–Crippen MR) is 79.4 cm³/mol. The maximum atomic E-state index is 9.07. The Morgan fingerprint density at radius 3 is 2.95 bits per heavy atom. The number of anilines is 1. The molecule has 2 heterocycles. The third kappa shape index (κ3) is 2.47. The largest absolute Gasteiger partial charge is 0.395 e. The van der Waals surface area contributed by atoms with E-state index in [0.717, 1.165) is 35.3 Å². The van der Waals surface area contributed by atoms with Gasteiger partial charge in [-0.05, 0) is 31.4 Å². The average Bonchev–Trinajstić information content (AvgIpc) is 2.86. The molecule has 6 nitrogen and oxygen atoms in total. The van der Waals surface area contributed by atoms with E-state index in [2.05, 4.69) is 27.3 Å². The molecule has 2 aromatic heterocycles. The van der Waals surface area contributed by atoms with Gasteiger partial charge in [-0.3, -0.25) is 0 Å². The van der Waals surface area contributed by atoms with Gasteiger partial charge in [0.1, 0.15) is 5.82 Å². The summed E-state index contributed by atoms with van der Waals surface area (Å²) in [7, 11) is 0. The van der Waals surface area contributed by atoms with Crippen LogP contribution in [0, 0.1) is 0 Å². The first-order valence-electron chi connectivity index (χ1n) is 7.09. The summed E-state index contributed by atoms with van der Waals surface area (Å²) < 4.78 is 1.79. The minimum atomic E-state index is 0.101. The molecule has 0 amide bonds. The lowest BCUT2D eigenvalue weighted by molar-refractivity contribution is 0.311. The van der Waals surface area contributed by atoms with Crippen molar-refractivity contribution in [1.82, 2.24) is 19.6 Å². The van der Waals surface area contributed by atoms with E-state index in [4.69, 9.17) is 5.11 Å². The summed E-state index contributed by atoms with van der Waals surface area (Å²) in [5.74, 6) is 2.55. The summed E-state index contributed by atoms with van der Waals surface area (Å²) in [6.07, 6.45) is 4.38. The molecular weight excluding hydrogens is 274 g/mol. The van der Waals surface area contributed by atoms with Gasteiger partial charge in [-0.25, -0.2) is 4.98 Å². The van der Waals surface area contributed by atoms with Crippen LogP contribution in [0.25, 0.3) is 5.78 Å². The SMILES string of the molecule is CCSc1nc2nc3c(c(NCCO)n2n1)CCCC3. The Bertz CT molecular complexity index is 612.